The number of aromatic nitrogens is 1. The number of thiazole rings is 1. The van der Waals surface area contributed by atoms with Gasteiger partial charge in [-0.15, -0.1) is 36.2 Å². The fraction of sp³-hybridized carbons (Fsp3) is 0.714. The molecule has 7 heteroatoms. The van der Waals surface area contributed by atoms with Crippen LogP contribution in [0.25, 0.3) is 0 Å². The molecule has 1 aromatic rings. The average molecular weight is 354 g/mol. The van der Waals surface area contributed by atoms with Crippen LogP contribution in [0.3, 0.4) is 0 Å². The molecule has 0 bridgehead atoms. The summed E-state index contributed by atoms with van der Waals surface area (Å²) in [5.74, 6) is 0.174. The molecule has 21 heavy (non-hydrogen) atoms. The van der Waals surface area contributed by atoms with Crippen molar-refractivity contribution < 1.29 is 4.79 Å². The fourth-order valence-corrected chi connectivity index (χ4v) is 3.12. The maximum Gasteiger partial charge on any atom is 0.220 e. The van der Waals surface area contributed by atoms with Gasteiger partial charge in [0, 0.05) is 23.9 Å². The van der Waals surface area contributed by atoms with Crippen molar-refractivity contribution in [2.45, 2.75) is 58.0 Å². The minimum absolute atomic E-state index is 0. The molecular formula is C14H25Cl2N3OS. The number of aryl methyl sites for hydroxylation is 2. The second-order valence-electron chi connectivity index (χ2n) is 5.27. The molecule has 1 aliphatic rings. The zero-order valence-electron chi connectivity index (χ0n) is 12.6. The summed E-state index contributed by atoms with van der Waals surface area (Å²) >= 11 is 1.67. The molecular weight excluding hydrogens is 329 g/mol. The molecule has 0 radical (unpaired) electrons. The van der Waals surface area contributed by atoms with Gasteiger partial charge < -0.3 is 10.6 Å². The summed E-state index contributed by atoms with van der Waals surface area (Å²) in [6.07, 6.45) is 4.61. The van der Waals surface area contributed by atoms with E-state index in [9.17, 15) is 4.79 Å². The highest BCUT2D eigenvalue weighted by Gasteiger charge is 2.21. The normalized spacial score (nSPS) is 21.0. The number of carbonyl (C=O) groups excluding carboxylic acids is 1. The molecule has 2 rings (SSSR count). The van der Waals surface area contributed by atoms with Gasteiger partial charge in [0.25, 0.3) is 0 Å². The van der Waals surface area contributed by atoms with E-state index in [-0.39, 0.29) is 30.7 Å². The lowest BCUT2D eigenvalue weighted by molar-refractivity contribution is -0.122. The lowest BCUT2D eigenvalue weighted by Gasteiger charge is -2.30. The van der Waals surface area contributed by atoms with Gasteiger partial charge >= 0.3 is 0 Å². The molecule has 2 heterocycles. The van der Waals surface area contributed by atoms with Gasteiger partial charge in [-0.05, 0) is 46.1 Å². The van der Waals surface area contributed by atoms with Crippen molar-refractivity contribution in [2.24, 2.45) is 0 Å². The molecule has 1 aromatic heterocycles. The van der Waals surface area contributed by atoms with Gasteiger partial charge in [-0.1, -0.05) is 0 Å². The summed E-state index contributed by atoms with van der Waals surface area (Å²) in [6, 6.07) is 0.682. The van der Waals surface area contributed by atoms with Crippen molar-refractivity contribution in [2.75, 3.05) is 6.54 Å². The lowest BCUT2D eigenvalue weighted by Crippen LogP contribution is -2.51. The van der Waals surface area contributed by atoms with Crippen LogP contribution in [0.1, 0.15) is 43.3 Å². The van der Waals surface area contributed by atoms with Crippen LogP contribution < -0.4 is 10.6 Å². The molecule has 0 spiro atoms. The first kappa shape index (κ1) is 20.6. The lowest BCUT2D eigenvalue weighted by atomic mass is 9.99. The van der Waals surface area contributed by atoms with Crippen LogP contribution in [0, 0.1) is 6.92 Å². The van der Waals surface area contributed by atoms with Crippen LogP contribution in [0.15, 0.2) is 5.38 Å². The zero-order chi connectivity index (χ0) is 13.7. The van der Waals surface area contributed by atoms with Gasteiger partial charge in [-0.25, -0.2) is 4.98 Å². The number of hydrogen-bond donors (Lipinski definition) is 2. The third kappa shape index (κ3) is 6.96. The number of piperidine rings is 1. The fourth-order valence-electron chi connectivity index (χ4n) is 2.47. The monoisotopic (exact) mass is 353 g/mol. The van der Waals surface area contributed by atoms with Crippen molar-refractivity contribution in [3.05, 3.63) is 16.1 Å². The van der Waals surface area contributed by atoms with E-state index in [2.05, 4.69) is 27.9 Å². The number of halogens is 2. The van der Waals surface area contributed by atoms with Crippen molar-refractivity contribution in [3.63, 3.8) is 0 Å². The quantitative estimate of drug-likeness (QED) is 0.855. The van der Waals surface area contributed by atoms with Crippen LogP contribution in [0.4, 0.5) is 0 Å². The van der Waals surface area contributed by atoms with Crippen LogP contribution >= 0.6 is 36.2 Å². The van der Waals surface area contributed by atoms with Crippen LogP contribution in [0.5, 0.6) is 0 Å². The molecule has 2 atom stereocenters. The van der Waals surface area contributed by atoms with Crippen LogP contribution in [0.2, 0.25) is 0 Å². The van der Waals surface area contributed by atoms with E-state index in [1.807, 2.05) is 6.92 Å². The Morgan fingerprint density at radius 2 is 2.29 bits per heavy atom. The largest absolute Gasteiger partial charge is 0.352 e. The molecule has 2 unspecified atom stereocenters. The van der Waals surface area contributed by atoms with Gasteiger partial charge in [0.15, 0.2) is 0 Å². The second-order valence-corrected chi connectivity index (χ2v) is 6.33. The molecule has 0 aliphatic carbocycles. The topological polar surface area (TPSA) is 54.0 Å². The van der Waals surface area contributed by atoms with Gasteiger partial charge in [-0.2, -0.15) is 0 Å². The minimum atomic E-state index is 0. The summed E-state index contributed by atoms with van der Waals surface area (Å²) in [5, 5.41) is 9.72. The predicted octanol–water partition coefficient (Wildman–Crippen LogP) is 2.87. The maximum atomic E-state index is 11.9. The minimum Gasteiger partial charge on any atom is -0.352 e. The Morgan fingerprint density at radius 3 is 2.90 bits per heavy atom. The van der Waals surface area contributed by atoms with E-state index in [0.717, 1.165) is 42.9 Å². The smallest absolute Gasteiger partial charge is 0.220 e. The Labute approximate surface area is 143 Å². The van der Waals surface area contributed by atoms with Crippen molar-refractivity contribution in [1.29, 1.82) is 0 Å². The number of amides is 1. The molecule has 4 nitrogen and oxygen atoms in total. The summed E-state index contributed by atoms with van der Waals surface area (Å²) in [6.45, 7) is 5.22. The van der Waals surface area contributed by atoms with Crippen molar-refractivity contribution >= 4 is 42.1 Å². The Bertz CT molecular complexity index is 428. The van der Waals surface area contributed by atoms with Gasteiger partial charge in [0.1, 0.15) is 0 Å². The van der Waals surface area contributed by atoms with Gasteiger partial charge in [0.05, 0.1) is 10.7 Å². The van der Waals surface area contributed by atoms with E-state index in [1.165, 1.54) is 0 Å². The van der Waals surface area contributed by atoms with Crippen LogP contribution in [-0.2, 0) is 11.2 Å². The van der Waals surface area contributed by atoms with E-state index in [4.69, 9.17) is 0 Å². The number of carbonyl (C=O) groups is 1. The SMILES string of the molecule is Cc1nc(CCCC(=O)NC2CCCNC2C)cs1.Cl.Cl. The first-order valence-electron chi connectivity index (χ1n) is 7.09. The first-order chi connectivity index (χ1) is 9.15. The first-order valence-corrected chi connectivity index (χ1v) is 7.97. The third-order valence-corrected chi connectivity index (χ3v) is 4.43. The number of nitrogens with one attached hydrogen (secondary N) is 2. The van der Waals surface area contributed by atoms with Crippen molar-refractivity contribution in [1.82, 2.24) is 15.6 Å². The van der Waals surface area contributed by atoms with E-state index in [1.54, 1.807) is 11.3 Å². The van der Waals surface area contributed by atoms with E-state index < -0.39 is 0 Å². The Balaban J connectivity index is 0.00000200. The van der Waals surface area contributed by atoms with Crippen molar-refractivity contribution in [3.8, 4) is 0 Å². The predicted molar refractivity (Wildman–Crippen MR) is 92.9 cm³/mol. The summed E-state index contributed by atoms with van der Waals surface area (Å²) in [4.78, 5) is 16.3. The molecule has 2 N–H and O–H groups in total. The molecule has 1 amide bonds. The van der Waals surface area contributed by atoms with Gasteiger partial charge in [-0.3, -0.25) is 4.79 Å². The zero-order valence-corrected chi connectivity index (χ0v) is 15.0. The Kier molecular flexibility index (Phi) is 10.2. The van der Waals surface area contributed by atoms with E-state index >= 15 is 0 Å². The summed E-state index contributed by atoms with van der Waals surface area (Å²) < 4.78 is 0. The van der Waals surface area contributed by atoms with Gasteiger partial charge in [0.2, 0.25) is 5.91 Å². The Hall–Kier alpha value is -0.360. The molecule has 1 aliphatic heterocycles. The summed E-state index contributed by atoms with van der Waals surface area (Å²) in [5.41, 5.74) is 1.11. The average Bonchev–Trinajstić information content (AvgIpc) is 2.78. The molecule has 1 saturated heterocycles. The second kappa shape index (κ2) is 10.4. The number of nitrogens with zero attached hydrogens (tertiary/aromatic N) is 1. The molecule has 0 aromatic carbocycles. The summed E-state index contributed by atoms with van der Waals surface area (Å²) in [7, 11) is 0. The Morgan fingerprint density at radius 1 is 1.52 bits per heavy atom. The standard InChI is InChI=1S/C14H23N3OS.2ClH/c1-10-13(6-4-8-15-10)17-14(18)7-3-5-12-9-19-11(2)16-12;;/h9-10,13,15H,3-8H2,1-2H3,(H,17,18);2*1H. The number of rotatable bonds is 5. The van der Waals surface area contributed by atoms with Crippen LogP contribution in [-0.4, -0.2) is 29.5 Å². The molecule has 1 fully saturated rings. The molecule has 0 saturated carbocycles. The third-order valence-electron chi connectivity index (χ3n) is 3.61. The highest BCUT2D eigenvalue weighted by Crippen LogP contribution is 2.11. The maximum absolute atomic E-state index is 11.9. The highest BCUT2D eigenvalue weighted by molar-refractivity contribution is 7.09. The highest BCUT2D eigenvalue weighted by atomic mass is 35.5. The number of hydrogen-bond acceptors (Lipinski definition) is 4. The van der Waals surface area contributed by atoms with E-state index in [0.29, 0.717) is 18.5 Å². The molecule has 122 valence electrons.